The first-order chi connectivity index (χ1) is 15.6. The third-order valence-corrected chi connectivity index (χ3v) is 7.40. The third-order valence-electron chi connectivity index (χ3n) is 6.90. The highest BCUT2D eigenvalue weighted by molar-refractivity contribution is 9.10. The lowest BCUT2D eigenvalue weighted by molar-refractivity contribution is -0.122. The molecule has 0 bridgehead atoms. The Balaban J connectivity index is 1.07. The number of aryl methyl sites for hydroxylation is 1. The lowest BCUT2D eigenvalue weighted by Crippen LogP contribution is -2.40. The topological polar surface area (TPSA) is 54.3 Å². The zero-order chi connectivity index (χ0) is 22.1. The predicted molar refractivity (Wildman–Crippen MR) is 129 cm³/mol. The van der Waals surface area contributed by atoms with Crippen molar-refractivity contribution in [3.8, 4) is 0 Å². The molecule has 1 aromatic heterocycles. The van der Waals surface area contributed by atoms with Crippen LogP contribution in [0.1, 0.15) is 48.0 Å². The Morgan fingerprint density at radius 2 is 1.88 bits per heavy atom. The van der Waals surface area contributed by atoms with Crippen LogP contribution < -0.4 is 5.32 Å². The minimum absolute atomic E-state index is 0.121. The fraction of sp³-hybridized carbons (Fsp3) is 0.385. The molecule has 2 aromatic carbocycles. The highest BCUT2D eigenvalue weighted by Gasteiger charge is 2.30. The molecule has 32 heavy (non-hydrogen) atoms. The number of nitrogens with one attached hydrogen (secondary N) is 1. The van der Waals surface area contributed by atoms with Gasteiger partial charge in [-0.2, -0.15) is 0 Å². The van der Waals surface area contributed by atoms with Crippen LogP contribution in [0.5, 0.6) is 0 Å². The van der Waals surface area contributed by atoms with E-state index in [2.05, 4.69) is 50.1 Å². The summed E-state index contributed by atoms with van der Waals surface area (Å²) in [7, 11) is 0. The number of carbonyl (C=O) groups excluding carboxylic acids is 2. The Morgan fingerprint density at radius 1 is 1.06 bits per heavy atom. The summed E-state index contributed by atoms with van der Waals surface area (Å²) in [5.41, 5.74) is 3.14. The van der Waals surface area contributed by atoms with Crippen LogP contribution >= 0.6 is 15.9 Å². The zero-order valence-corrected chi connectivity index (χ0v) is 19.7. The molecule has 0 radical (unpaired) electrons. The summed E-state index contributed by atoms with van der Waals surface area (Å²) in [4.78, 5) is 27.2. The Bertz CT molecular complexity index is 1150. The summed E-state index contributed by atoms with van der Waals surface area (Å²) in [6.07, 6.45) is 6.63. The lowest BCUT2D eigenvalue weighted by Gasteiger charge is -2.31. The maximum absolute atomic E-state index is 12.6. The average molecular weight is 494 g/mol. The van der Waals surface area contributed by atoms with Crippen LogP contribution in [0.25, 0.3) is 10.9 Å². The van der Waals surface area contributed by atoms with E-state index in [0.29, 0.717) is 18.9 Å². The number of rotatable bonds is 6. The maximum atomic E-state index is 12.6. The second-order valence-corrected chi connectivity index (χ2v) is 10.0. The molecule has 1 saturated carbocycles. The van der Waals surface area contributed by atoms with Gasteiger partial charge in [-0.15, -0.1) is 0 Å². The normalized spacial score (nSPS) is 20.5. The number of benzene rings is 2. The first-order valence-electron chi connectivity index (χ1n) is 11.5. The summed E-state index contributed by atoms with van der Waals surface area (Å²) in [6, 6.07) is 16.5. The summed E-state index contributed by atoms with van der Waals surface area (Å²) < 4.78 is 3.19. The number of hydrogen-bond acceptors (Lipinski definition) is 2. The smallest absolute Gasteiger partial charge is 0.254 e. The molecule has 2 aliphatic rings. The number of aromatic nitrogens is 1. The first kappa shape index (κ1) is 21.3. The molecular formula is C26H28BrN3O2. The molecule has 3 aromatic rings. The van der Waals surface area contributed by atoms with E-state index in [-0.39, 0.29) is 17.9 Å². The van der Waals surface area contributed by atoms with E-state index < -0.39 is 0 Å². The van der Waals surface area contributed by atoms with Crippen molar-refractivity contribution in [3.63, 3.8) is 0 Å². The number of carbonyl (C=O) groups is 2. The molecule has 2 amide bonds. The van der Waals surface area contributed by atoms with E-state index in [1.54, 1.807) is 0 Å². The zero-order valence-electron chi connectivity index (χ0n) is 18.1. The van der Waals surface area contributed by atoms with Gasteiger partial charge in [0.1, 0.15) is 0 Å². The van der Waals surface area contributed by atoms with Gasteiger partial charge in [0.2, 0.25) is 5.91 Å². The highest BCUT2D eigenvalue weighted by Crippen LogP contribution is 2.29. The van der Waals surface area contributed by atoms with Crippen LogP contribution in [0, 0.1) is 5.92 Å². The van der Waals surface area contributed by atoms with Crippen LogP contribution in [0.4, 0.5) is 0 Å². The lowest BCUT2D eigenvalue weighted by atomic mass is 9.85. The number of hydrogen-bond donors (Lipinski definition) is 1. The van der Waals surface area contributed by atoms with Crippen molar-refractivity contribution in [2.45, 2.75) is 51.2 Å². The monoisotopic (exact) mass is 493 g/mol. The van der Waals surface area contributed by atoms with E-state index >= 15 is 0 Å². The van der Waals surface area contributed by atoms with Crippen LogP contribution in [0.2, 0.25) is 0 Å². The van der Waals surface area contributed by atoms with Crippen molar-refractivity contribution in [2.24, 2.45) is 5.92 Å². The first-order valence-corrected chi connectivity index (χ1v) is 12.3. The van der Waals surface area contributed by atoms with E-state index in [1.165, 1.54) is 5.39 Å². The molecule has 1 fully saturated rings. The van der Waals surface area contributed by atoms with Crippen molar-refractivity contribution in [2.75, 3.05) is 6.54 Å². The molecule has 6 heteroatoms. The SMILES string of the molecule is O=C(CCn1ccc2ccc(Br)cc21)NC1CCC(CN2Cc3ccccc3C2=O)CC1. The predicted octanol–water partition coefficient (Wildman–Crippen LogP) is 5.12. The molecule has 1 N–H and O–H groups in total. The van der Waals surface area contributed by atoms with Gasteiger partial charge >= 0.3 is 0 Å². The van der Waals surface area contributed by atoms with Crippen LogP contribution in [-0.2, 0) is 17.9 Å². The van der Waals surface area contributed by atoms with Gasteiger partial charge in [0, 0.05) is 53.8 Å². The largest absolute Gasteiger partial charge is 0.353 e. The van der Waals surface area contributed by atoms with Crippen LogP contribution in [0.3, 0.4) is 0 Å². The number of fused-ring (bicyclic) bond motifs is 2. The molecule has 0 unspecified atom stereocenters. The van der Waals surface area contributed by atoms with Crippen molar-refractivity contribution in [1.82, 2.24) is 14.8 Å². The minimum Gasteiger partial charge on any atom is -0.353 e. The van der Waals surface area contributed by atoms with Crippen LogP contribution in [-0.4, -0.2) is 33.9 Å². The van der Waals surface area contributed by atoms with E-state index in [9.17, 15) is 9.59 Å². The second kappa shape index (κ2) is 9.10. The van der Waals surface area contributed by atoms with Gasteiger partial charge in [0.15, 0.2) is 0 Å². The molecule has 2 heterocycles. The Labute approximate surface area is 196 Å². The minimum atomic E-state index is 0.121. The number of halogens is 1. The summed E-state index contributed by atoms with van der Waals surface area (Å²) in [5.74, 6) is 0.808. The van der Waals surface area contributed by atoms with Crippen molar-refractivity contribution < 1.29 is 9.59 Å². The number of nitrogens with zero attached hydrogens (tertiary/aromatic N) is 2. The Kier molecular flexibility index (Phi) is 6.05. The molecule has 0 spiro atoms. The molecule has 5 rings (SSSR count). The number of amides is 2. The maximum Gasteiger partial charge on any atom is 0.254 e. The van der Waals surface area contributed by atoms with Gasteiger partial charge in [0.25, 0.3) is 5.91 Å². The van der Waals surface area contributed by atoms with Gasteiger partial charge in [0.05, 0.1) is 0 Å². The fourth-order valence-corrected chi connectivity index (χ4v) is 5.49. The van der Waals surface area contributed by atoms with Gasteiger partial charge in [-0.25, -0.2) is 0 Å². The fourth-order valence-electron chi connectivity index (χ4n) is 5.14. The van der Waals surface area contributed by atoms with Gasteiger partial charge < -0.3 is 14.8 Å². The highest BCUT2D eigenvalue weighted by atomic mass is 79.9. The third kappa shape index (κ3) is 4.46. The van der Waals surface area contributed by atoms with E-state index in [4.69, 9.17) is 0 Å². The van der Waals surface area contributed by atoms with Crippen LogP contribution in [0.15, 0.2) is 59.2 Å². The molecule has 1 aliphatic carbocycles. The van der Waals surface area contributed by atoms with E-state index in [0.717, 1.165) is 59.9 Å². The molecular weight excluding hydrogens is 466 g/mol. The van der Waals surface area contributed by atoms with Crippen molar-refractivity contribution in [1.29, 1.82) is 0 Å². The molecule has 1 aliphatic heterocycles. The molecule has 166 valence electrons. The van der Waals surface area contributed by atoms with E-state index in [1.807, 2.05) is 35.4 Å². The van der Waals surface area contributed by atoms with Gasteiger partial charge in [-0.3, -0.25) is 9.59 Å². The van der Waals surface area contributed by atoms with Gasteiger partial charge in [-0.05, 0) is 66.8 Å². The summed E-state index contributed by atoms with van der Waals surface area (Å²) in [5, 5.41) is 4.42. The van der Waals surface area contributed by atoms with Crippen molar-refractivity contribution in [3.05, 3.63) is 70.3 Å². The van der Waals surface area contributed by atoms with Crippen molar-refractivity contribution >= 4 is 38.6 Å². The Morgan fingerprint density at radius 3 is 2.69 bits per heavy atom. The van der Waals surface area contributed by atoms with Gasteiger partial charge in [-0.1, -0.05) is 40.2 Å². The molecule has 0 atom stereocenters. The molecule has 0 saturated heterocycles. The molecule has 5 nitrogen and oxygen atoms in total. The summed E-state index contributed by atoms with van der Waals surface area (Å²) >= 11 is 3.53. The second-order valence-electron chi connectivity index (χ2n) is 9.09. The average Bonchev–Trinajstić information content (AvgIpc) is 3.34. The Hall–Kier alpha value is -2.60. The standard InChI is InChI=1S/C26H28BrN3O2/c27-21-8-7-19-11-13-29(24(19)15-21)14-12-25(31)28-22-9-5-18(6-10-22)16-30-17-20-3-1-2-4-23(20)26(30)32/h1-4,7-8,11,13,15,18,22H,5-6,9-10,12,14,16-17H2,(H,28,31). The summed E-state index contributed by atoms with van der Waals surface area (Å²) in [6.45, 7) is 2.24. The quantitative estimate of drug-likeness (QED) is 0.517.